The van der Waals surface area contributed by atoms with E-state index in [4.69, 9.17) is 16.3 Å². The van der Waals surface area contributed by atoms with Crippen LogP contribution in [0.2, 0.25) is 5.02 Å². The van der Waals surface area contributed by atoms with Crippen LogP contribution in [0, 0.1) is 0 Å². The Morgan fingerprint density at radius 3 is 2.32 bits per heavy atom. The van der Waals surface area contributed by atoms with E-state index in [9.17, 15) is 13.2 Å². The van der Waals surface area contributed by atoms with Crippen LogP contribution in [0.5, 0.6) is 5.75 Å². The molecule has 0 N–H and O–H groups in total. The van der Waals surface area contributed by atoms with Crippen LogP contribution in [-0.2, 0) is 16.6 Å². The van der Waals surface area contributed by atoms with Gasteiger partial charge in [-0.05, 0) is 62.2 Å². The summed E-state index contributed by atoms with van der Waals surface area (Å²) in [6, 6.07) is 11.3. The van der Waals surface area contributed by atoms with Crippen molar-refractivity contribution in [3.63, 3.8) is 0 Å². The van der Waals surface area contributed by atoms with Crippen molar-refractivity contribution >= 4 is 27.5 Å². The number of benzene rings is 2. The molecule has 0 aromatic heterocycles. The Balaban J connectivity index is 1.86. The lowest BCUT2D eigenvalue weighted by molar-refractivity contribution is 0.0761. The molecule has 8 heteroatoms. The van der Waals surface area contributed by atoms with E-state index in [0.717, 1.165) is 38.8 Å². The van der Waals surface area contributed by atoms with E-state index < -0.39 is 10.0 Å². The molecule has 1 amide bonds. The van der Waals surface area contributed by atoms with Gasteiger partial charge in [0, 0.05) is 42.8 Å². The molecule has 6 nitrogen and oxygen atoms in total. The summed E-state index contributed by atoms with van der Waals surface area (Å²) in [5, 5.41) is 0.472. The third-order valence-electron chi connectivity index (χ3n) is 5.42. The van der Waals surface area contributed by atoms with E-state index in [1.807, 2.05) is 11.8 Å². The van der Waals surface area contributed by atoms with Crippen LogP contribution in [0.1, 0.15) is 48.5 Å². The number of hydrogen-bond donors (Lipinski definition) is 0. The number of rotatable bonds is 7. The molecule has 0 atom stereocenters. The maximum Gasteiger partial charge on any atom is 0.253 e. The van der Waals surface area contributed by atoms with Crippen LogP contribution in [0.25, 0.3) is 0 Å². The predicted molar refractivity (Wildman–Crippen MR) is 122 cm³/mol. The van der Waals surface area contributed by atoms with Crippen molar-refractivity contribution in [2.75, 3.05) is 26.7 Å². The van der Waals surface area contributed by atoms with E-state index in [2.05, 4.69) is 0 Å². The van der Waals surface area contributed by atoms with Gasteiger partial charge in [0.1, 0.15) is 5.75 Å². The first-order chi connectivity index (χ1) is 14.8. The molecule has 3 rings (SSSR count). The average Bonchev–Trinajstić information content (AvgIpc) is 3.04. The second-order valence-electron chi connectivity index (χ2n) is 7.68. The van der Waals surface area contributed by atoms with Crippen molar-refractivity contribution in [3.05, 3.63) is 58.6 Å². The molecular formula is C23H29ClN2O4S. The summed E-state index contributed by atoms with van der Waals surface area (Å²) < 4.78 is 32.9. The topological polar surface area (TPSA) is 66.9 Å². The van der Waals surface area contributed by atoms with E-state index >= 15 is 0 Å². The van der Waals surface area contributed by atoms with Crippen LogP contribution in [-0.4, -0.2) is 50.3 Å². The highest BCUT2D eigenvalue weighted by atomic mass is 35.5. The zero-order chi connectivity index (χ0) is 22.4. The first-order valence-corrected chi connectivity index (χ1v) is 12.4. The number of halogens is 1. The average molecular weight is 465 g/mol. The van der Waals surface area contributed by atoms with Crippen LogP contribution in [0.3, 0.4) is 0 Å². The summed E-state index contributed by atoms with van der Waals surface area (Å²) in [5.74, 6) is 0.558. The van der Waals surface area contributed by atoms with Gasteiger partial charge < -0.3 is 9.64 Å². The minimum Gasteiger partial charge on any atom is -0.494 e. The van der Waals surface area contributed by atoms with Gasteiger partial charge in [-0.1, -0.05) is 24.4 Å². The quantitative estimate of drug-likeness (QED) is 0.601. The number of sulfonamides is 1. The van der Waals surface area contributed by atoms with Gasteiger partial charge in [0.25, 0.3) is 5.91 Å². The summed E-state index contributed by atoms with van der Waals surface area (Å²) in [4.78, 5) is 15.1. The number of hydrogen-bond acceptors (Lipinski definition) is 4. The second-order valence-corrected chi connectivity index (χ2v) is 10.2. The Kier molecular flexibility index (Phi) is 7.97. The van der Waals surface area contributed by atoms with Crippen molar-refractivity contribution in [2.45, 2.75) is 44.0 Å². The van der Waals surface area contributed by atoms with Gasteiger partial charge in [-0.2, -0.15) is 4.31 Å². The van der Waals surface area contributed by atoms with Crippen LogP contribution in [0.15, 0.2) is 47.4 Å². The fourth-order valence-corrected chi connectivity index (χ4v) is 4.98. The van der Waals surface area contributed by atoms with Crippen molar-refractivity contribution in [3.8, 4) is 5.75 Å². The van der Waals surface area contributed by atoms with Crippen molar-refractivity contribution in [1.82, 2.24) is 9.21 Å². The Labute approximate surface area is 189 Å². The minimum atomic E-state index is -3.72. The molecule has 0 aliphatic carbocycles. The third-order valence-corrected chi connectivity index (χ3v) is 7.48. The Hall–Kier alpha value is -2.09. The maximum absolute atomic E-state index is 13.1. The smallest absolute Gasteiger partial charge is 0.253 e. The molecule has 0 unspecified atom stereocenters. The van der Waals surface area contributed by atoms with Gasteiger partial charge in [0.2, 0.25) is 10.0 Å². The van der Waals surface area contributed by atoms with Gasteiger partial charge in [-0.3, -0.25) is 4.79 Å². The molecule has 2 aromatic carbocycles. The zero-order valence-corrected chi connectivity index (χ0v) is 19.6. The summed E-state index contributed by atoms with van der Waals surface area (Å²) >= 11 is 5.89. The van der Waals surface area contributed by atoms with Gasteiger partial charge in [-0.25, -0.2) is 8.42 Å². The SMILES string of the molecule is CCOc1ccc(C(=O)N2CCCCCC2)cc1CN(C)S(=O)(=O)c1ccc(Cl)cc1. The number of amides is 1. The number of nitrogens with zero attached hydrogens (tertiary/aromatic N) is 2. The van der Waals surface area contributed by atoms with Crippen LogP contribution < -0.4 is 4.74 Å². The lowest BCUT2D eigenvalue weighted by atomic mass is 10.1. The Bertz CT molecular complexity index is 1000. The van der Waals surface area contributed by atoms with Crippen molar-refractivity contribution in [2.24, 2.45) is 0 Å². The first-order valence-electron chi connectivity index (χ1n) is 10.6. The molecule has 0 radical (unpaired) electrons. The maximum atomic E-state index is 13.1. The molecule has 1 fully saturated rings. The fourth-order valence-electron chi connectivity index (χ4n) is 3.70. The largest absolute Gasteiger partial charge is 0.494 e. The highest BCUT2D eigenvalue weighted by molar-refractivity contribution is 7.89. The lowest BCUT2D eigenvalue weighted by Gasteiger charge is -2.22. The van der Waals surface area contributed by atoms with Crippen LogP contribution in [0.4, 0.5) is 0 Å². The molecule has 0 bridgehead atoms. The third kappa shape index (κ3) is 5.79. The second kappa shape index (κ2) is 10.5. The molecule has 1 aliphatic heterocycles. The highest BCUT2D eigenvalue weighted by Crippen LogP contribution is 2.26. The molecule has 2 aromatic rings. The molecular weight excluding hydrogens is 436 g/mol. The monoisotopic (exact) mass is 464 g/mol. The van der Waals surface area contributed by atoms with Gasteiger partial charge in [0.05, 0.1) is 11.5 Å². The Morgan fingerprint density at radius 1 is 1.06 bits per heavy atom. The molecule has 0 saturated carbocycles. The van der Waals surface area contributed by atoms with E-state index in [0.29, 0.717) is 28.5 Å². The minimum absolute atomic E-state index is 0.0191. The van der Waals surface area contributed by atoms with E-state index in [1.54, 1.807) is 30.3 Å². The lowest BCUT2D eigenvalue weighted by Crippen LogP contribution is -2.32. The molecule has 31 heavy (non-hydrogen) atoms. The first kappa shape index (κ1) is 23.6. The van der Waals surface area contributed by atoms with Crippen LogP contribution >= 0.6 is 11.6 Å². The van der Waals surface area contributed by atoms with E-state index in [1.165, 1.54) is 23.5 Å². The summed E-state index contributed by atoms with van der Waals surface area (Å²) in [6.45, 7) is 3.91. The van der Waals surface area contributed by atoms with Gasteiger partial charge in [-0.15, -0.1) is 0 Å². The Morgan fingerprint density at radius 2 is 1.71 bits per heavy atom. The predicted octanol–water partition coefficient (Wildman–Crippen LogP) is 4.58. The summed E-state index contributed by atoms with van der Waals surface area (Å²) in [5.41, 5.74) is 1.21. The number of carbonyl (C=O) groups excluding carboxylic acids is 1. The molecule has 1 aliphatic rings. The van der Waals surface area contributed by atoms with Gasteiger partial charge in [0.15, 0.2) is 0 Å². The van der Waals surface area contributed by atoms with Crippen molar-refractivity contribution < 1.29 is 17.9 Å². The van der Waals surface area contributed by atoms with E-state index in [-0.39, 0.29) is 17.3 Å². The van der Waals surface area contributed by atoms with Gasteiger partial charge >= 0.3 is 0 Å². The number of ether oxygens (including phenoxy) is 1. The highest BCUT2D eigenvalue weighted by Gasteiger charge is 2.24. The standard InChI is InChI=1S/C23H29ClN2O4S/c1-3-30-22-13-8-18(23(27)26-14-6-4-5-7-15-26)16-19(22)17-25(2)31(28,29)21-11-9-20(24)10-12-21/h8-13,16H,3-7,14-15,17H2,1-2H3. The molecule has 1 heterocycles. The zero-order valence-electron chi connectivity index (χ0n) is 18.0. The number of likely N-dealkylation sites (tertiary alicyclic amines) is 1. The molecule has 168 valence electrons. The number of carbonyl (C=O) groups is 1. The normalized spacial score (nSPS) is 15.0. The molecule has 1 saturated heterocycles. The molecule has 0 spiro atoms. The fraction of sp³-hybridized carbons (Fsp3) is 0.435. The summed E-state index contributed by atoms with van der Waals surface area (Å²) in [7, 11) is -2.20. The summed E-state index contributed by atoms with van der Waals surface area (Å²) in [6.07, 6.45) is 4.31. The van der Waals surface area contributed by atoms with Crippen molar-refractivity contribution in [1.29, 1.82) is 0 Å².